The molecular weight excluding hydrogens is 314 g/mol. The highest BCUT2D eigenvalue weighted by atomic mass is 16.6. The Morgan fingerprint density at radius 2 is 1.88 bits per heavy atom. The number of hydrogen-bond donors (Lipinski definition) is 0. The van der Waals surface area contributed by atoms with Crippen molar-refractivity contribution >= 4 is 22.8 Å². The number of ether oxygens (including phenoxy) is 1. The summed E-state index contributed by atoms with van der Waals surface area (Å²) in [5.74, 6) is 1.35. The first-order valence-corrected chi connectivity index (χ1v) is 8.99. The molecule has 0 unspecified atom stereocenters. The summed E-state index contributed by atoms with van der Waals surface area (Å²) < 4.78 is 5.33. The number of amides is 1. The molecule has 0 saturated carbocycles. The van der Waals surface area contributed by atoms with Gasteiger partial charge in [0, 0.05) is 31.6 Å². The third-order valence-corrected chi connectivity index (χ3v) is 4.64. The first-order chi connectivity index (χ1) is 12.0. The van der Waals surface area contributed by atoms with Crippen LogP contribution < -0.4 is 4.90 Å². The summed E-state index contributed by atoms with van der Waals surface area (Å²) in [4.78, 5) is 21.0. The molecule has 5 nitrogen and oxygen atoms in total. The van der Waals surface area contributed by atoms with E-state index in [1.165, 1.54) is 16.5 Å². The number of anilines is 1. The van der Waals surface area contributed by atoms with Gasteiger partial charge in [-0.25, -0.2) is 9.78 Å². The van der Waals surface area contributed by atoms with E-state index < -0.39 is 0 Å². The minimum absolute atomic E-state index is 0.202. The highest BCUT2D eigenvalue weighted by Gasteiger charge is 2.23. The molecule has 0 bridgehead atoms. The normalized spacial score (nSPS) is 15.1. The van der Waals surface area contributed by atoms with Gasteiger partial charge in [-0.15, -0.1) is 0 Å². The second-order valence-corrected chi connectivity index (χ2v) is 7.21. The maximum Gasteiger partial charge on any atom is 0.409 e. The second-order valence-electron chi connectivity index (χ2n) is 7.21. The summed E-state index contributed by atoms with van der Waals surface area (Å²) in [5.41, 5.74) is 3.50. The van der Waals surface area contributed by atoms with Crippen molar-refractivity contribution in [2.45, 2.75) is 27.7 Å². The zero-order chi connectivity index (χ0) is 18.0. The number of nitrogens with zero attached hydrogens (tertiary/aromatic N) is 3. The summed E-state index contributed by atoms with van der Waals surface area (Å²) >= 11 is 0. The van der Waals surface area contributed by atoms with Gasteiger partial charge in [0.2, 0.25) is 0 Å². The third-order valence-electron chi connectivity index (χ3n) is 4.64. The van der Waals surface area contributed by atoms with E-state index in [2.05, 4.69) is 43.0 Å². The molecule has 0 atom stereocenters. The zero-order valence-electron chi connectivity index (χ0n) is 15.6. The molecule has 1 fully saturated rings. The van der Waals surface area contributed by atoms with Gasteiger partial charge >= 0.3 is 6.09 Å². The lowest BCUT2D eigenvalue weighted by molar-refractivity contribution is 0.0901. The molecule has 0 aliphatic carbocycles. The van der Waals surface area contributed by atoms with E-state index in [0.717, 1.165) is 24.4 Å². The van der Waals surface area contributed by atoms with Gasteiger partial charge in [0.25, 0.3) is 0 Å². The topological polar surface area (TPSA) is 45.7 Å². The fourth-order valence-electron chi connectivity index (χ4n) is 3.15. The summed E-state index contributed by atoms with van der Waals surface area (Å²) in [5, 5.41) is 1.21. The van der Waals surface area contributed by atoms with Gasteiger partial charge in [0.1, 0.15) is 5.82 Å². The van der Waals surface area contributed by atoms with Gasteiger partial charge in [0.15, 0.2) is 0 Å². The maximum atomic E-state index is 12.1. The van der Waals surface area contributed by atoms with E-state index in [0.29, 0.717) is 25.6 Å². The number of aromatic nitrogens is 1. The van der Waals surface area contributed by atoms with E-state index in [1.807, 2.05) is 13.8 Å². The largest absolute Gasteiger partial charge is 0.449 e. The molecule has 3 rings (SSSR count). The number of benzene rings is 1. The van der Waals surface area contributed by atoms with Gasteiger partial charge in [-0.3, -0.25) is 0 Å². The quantitative estimate of drug-likeness (QED) is 0.852. The van der Waals surface area contributed by atoms with Crippen LogP contribution in [0.4, 0.5) is 10.6 Å². The van der Waals surface area contributed by atoms with Crippen LogP contribution in [0.15, 0.2) is 24.3 Å². The minimum atomic E-state index is -0.202. The SMILES string of the molecule is Cc1cc(N2CCN(C(=O)OCC(C)C)CC2)nc2c(C)cccc12. The number of carbonyl (C=O) groups excluding carboxylic acids is 1. The first kappa shape index (κ1) is 17.5. The molecular formula is C20H27N3O2. The van der Waals surface area contributed by atoms with E-state index >= 15 is 0 Å². The molecule has 1 amide bonds. The molecule has 2 aromatic rings. The van der Waals surface area contributed by atoms with E-state index in [4.69, 9.17) is 9.72 Å². The van der Waals surface area contributed by atoms with Crippen molar-refractivity contribution in [1.82, 2.24) is 9.88 Å². The first-order valence-electron chi connectivity index (χ1n) is 8.99. The highest BCUT2D eigenvalue weighted by Crippen LogP contribution is 2.25. The van der Waals surface area contributed by atoms with Crippen LogP contribution in [-0.2, 0) is 4.74 Å². The molecule has 25 heavy (non-hydrogen) atoms. The van der Waals surface area contributed by atoms with Crippen molar-refractivity contribution in [3.05, 3.63) is 35.4 Å². The molecule has 0 N–H and O–H groups in total. The number of rotatable bonds is 3. The van der Waals surface area contributed by atoms with Crippen molar-refractivity contribution in [1.29, 1.82) is 0 Å². The van der Waals surface area contributed by atoms with Gasteiger partial charge in [-0.05, 0) is 37.0 Å². The lowest BCUT2D eigenvalue weighted by Crippen LogP contribution is -2.49. The Morgan fingerprint density at radius 1 is 1.16 bits per heavy atom. The van der Waals surface area contributed by atoms with Crippen LogP contribution in [0.5, 0.6) is 0 Å². The van der Waals surface area contributed by atoms with E-state index in [-0.39, 0.29) is 6.09 Å². The smallest absolute Gasteiger partial charge is 0.409 e. The number of carbonyl (C=O) groups is 1. The second kappa shape index (κ2) is 7.30. The van der Waals surface area contributed by atoms with Crippen molar-refractivity contribution in [2.75, 3.05) is 37.7 Å². The number of hydrogen-bond acceptors (Lipinski definition) is 4. The third kappa shape index (κ3) is 3.86. The number of pyridine rings is 1. The number of para-hydroxylation sites is 1. The fourth-order valence-corrected chi connectivity index (χ4v) is 3.15. The van der Waals surface area contributed by atoms with Crippen LogP contribution in [0.1, 0.15) is 25.0 Å². The Labute approximate surface area is 149 Å². The Hall–Kier alpha value is -2.30. The van der Waals surface area contributed by atoms with E-state index in [9.17, 15) is 4.79 Å². The Kier molecular flexibility index (Phi) is 5.11. The predicted molar refractivity (Wildman–Crippen MR) is 101 cm³/mol. The zero-order valence-corrected chi connectivity index (χ0v) is 15.6. The molecule has 1 aliphatic rings. The molecule has 0 radical (unpaired) electrons. The molecule has 0 spiro atoms. The van der Waals surface area contributed by atoms with Crippen molar-refractivity contribution in [3.8, 4) is 0 Å². The van der Waals surface area contributed by atoms with Crippen LogP contribution >= 0.6 is 0 Å². The highest BCUT2D eigenvalue weighted by molar-refractivity contribution is 5.86. The average molecular weight is 341 g/mol. The standard InChI is InChI=1S/C20H27N3O2/c1-14(2)13-25-20(24)23-10-8-22(9-11-23)18-12-16(4)17-7-5-6-15(3)19(17)21-18/h5-7,12,14H,8-11,13H2,1-4H3. The molecule has 1 aromatic heterocycles. The summed E-state index contributed by atoms with van der Waals surface area (Å²) in [6, 6.07) is 8.44. The lowest BCUT2D eigenvalue weighted by atomic mass is 10.1. The average Bonchev–Trinajstić information content (AvgIpc) is 2.60. The Balaban J connectivity index is 1.70. The number of fused-ring (bicyclic) bond motifs is 1. The van der Waals surface area contributed by atoms with Crippen LogP contribution in [0.2, 0.25) is 0 Å². The van der Waals surface area contributed by atoms with Gasteiger partial charge < -0.3 is 14.5 Å². The van der Waals surface area contributed by atoms with Gasteiger partial charge in [-0.1, -0.05) is 32.0 Å². The minimum Gasteiger partial charge on any atom is -0.449 e. The lowest BCUT2D eigenvalue weighted by Gasteiger charge is -2.35. The van der Waals surface area contributed by atoms with Crippen LogP contribution in [0.3, 0.4) is 0 Å². The predicted octanol–water partition coefficient (Wildman–Crippen LogP) is 3.77. The van der Waals surface area contributed by atoms with Gasteiger partial charge in [-0.2, -0.15) is 0 Å². The maximum absolute atomic E-state index is 12.1. The Morgan fingerprint density at radius 3 is 2.56 bits per heavy atom. The molecule has 1 aliphatic heterocycles. The van der Waals surface area contributed by atoms with Crippen molar-refractivity contribution < 1.29 is 9.53 Å². The van der Waals surface area contributed by atoms with E-state index in [1.54, 1.807) is 4.90 Å². The fraction of sp³-hybridized carbons (Fsp3) is 0.500. The number of piperazine rings is 1. The van der Waals surface area contributed by atoms with Crippen molar-refractivity contribution in [3.63, 3.8) is 0 Å². The molecule has 134 valence electrons. The molecule has 1 aromatic carbocycles. The van der Waals surface area contributed by atoms with Crippen LogP contribution in [0.25, 0.3) is 10.9 Å². The van der Waals surface area contributed by atoms with Crippen molar-refractivity contribution in [2.24, 2.45) is 5.92 Å². The van der Waals surface area contributed by atoms with Crippen LogP contribution in [-0.4, -0.2) is 48.8 Å². The monoisotopic (exact) mass is 341 g/mol. The number of aryl methyl sites for hydroxylation is 2. The molecule has 5 heteroatoms. The summed E-state index contributed by atoms with van der Waals surface area (Å²) in [7, 11) is 0. The molecule has 2 heterocycles. The summed E-state index contributed by atoms with van der Waals surface area (Å²) in [6.45, 7) is 11.7. The van der Waals surface area contributed by atoms with Gasteiger partial charge in [0.05, 0.1) is 12.1 Å². The Bertz CT molecular complexity index is 765. The van der Waals surface area contributed by atoms with Crippen LogP contribution in [0, 0.1) is 19.8 Å². The summed E-state index contributed by atoms with van der Waals surface area (Å²) in [6.07, 6.45) is -0.202. The molecule has 1 saturated heterocycles.